The fourth-order valence-electron chi connectivity index (χ4n) is 4.69. The zero-order valence-corrected chi connectivity index (χ0v) is 21.8. The Labute approximate surface area is 221 Å². The molecule has 3 N–H and O–H groups in total. The summed E-state index contributed by atoms with van der Waals surface area (Å²) in [6, 6.07) is 11.7. The van der Waals surface area contributed by atoms with Crippen LogP contribution in [0.3, 0.4) is 0 Å². The Kier molecular flexibility index (Phi) is 5.95. The number of fused-ring (bicyclic) bond motifs is 2. The Hall–Kier alpha value is -4.37. The van der Waals surface area contributed by atoms with Crippen LogP contribution in [0.2, 0.25) is 0 Å². The second-order valence-electron chi connectivity index (χ2n) is 8.60. The predicted molar refractivity (Wildman–Crippen MR) is 139 cm³/mol. The lowest BCUT2D eigenvalue weighted by Gasteiger charge is -2.25. The highest BCUT2D eigenvalue weighted by molar-refractivity contribution is 7.86. The SMILES string of the molecule is COC(=O)c1c2c3c(c(Nc4ccc(S(=O)(=O)O)cc4S(=O)(=O)O)ccc3n(C)c1=O)C(=O)c1ccccc1-2. The highest BCUT2D eigenvalue weighted by Gasteiger charge is 2.34. The number of anilines is 2. The van der Waals surface area contributed by atoms with Gasteiger partial charge < -0.3 is 14.6 Å². The van der Waals surface area contributed by atoms with Gasteiger partial charge in [-0.1, -0.05) is 24.3 Å². The van der Waals surface area contributed by atoms with E-state index in [1.54, 1.807) is 18.2 Å². The number of methoxy groups -OCH3 is 1. The standard InChI is InChI=1S/C25H18N2O10S2/c1-27-17-10-9-16(26-15-8-7-12(38(31,32)33)11-18(15)39(34,35)36)20-21(17)19(22(24(27)29)25(30)37-2)13-5-3-4-6-14(13)23(20)28/h3-11,26H,1-2H3,(H,31,32,33)(H,34,35,36). The number of hydrogen-bond donors (Lipinski definition) is 3. The van der Waals surface area contributed by atoms with Crippen molar-refractivity contribution < 1.29 is 40.3 Å². The van der Waals surface area contributed by atoms with Gasteiger partial charge in [0.15, 0.2) is 5.78 Å². The van der Waals surface area contributed by atoms with Gasteiger partial charge in [-0.05, 0) is 35.9 Å². The minimum absolute atomic E-state index is 0.0119. The van der Waals surface area contributed by atoms with Gasteiger partial charge in [0, 0.05) is 23.6 Å². The lowest BCUT2D eigenvalue weighted by Crippen LogP contribution is -2.29. The fraction of sp³-hybridized carbons (Fsp3) is 0.0800. The first-order valence-corrected chi connectivity index (χ1v) is 13.9. The summed E-state index contributed by atoms with van der Waals surface area (Å²) in [5.74, 6) is -1.43. The fourth-order valence-corrected chi connectivity index (χ4v) is 5.95. The minimum atomic E-state index is -5.02. The average molecular weight is 571 g/mol. The number of nitrogens with one attached hydrogen (secondary N) is 1. The van der Waals surface area contributed by atoms with Crippen molar-refractivity contribution >= 4 is 54.3 Å². The Morgan fingerprint density at radius 2 is 1.51 bits per heavy atom. The maximum atomic E-state index is 13.8. The third kappa shape index (κ3) is 4.10. The van der Waals surface area contributed by atoms with E-state index in [0.29, 0.717) is 17.1 Å². The first-order valence-electron chi connectivity index (χ1n) is 11.0. The molecule has 12 nitrogen and oxygen atoms in total. The molecule has 1 heterocycles. The molecule has 4 aromatic rings. The van der Waals surface area contributed by atoms with E-state index < -0.39 is 47.3 Å². The summed E-state index contributed by atoms with van der Waals surface area (Å²) in [4.78, 5) is 38.1. The zero-order chi connectivity index (χ0) is 28.4. The van der Waals surface area contributed by atoms with Gasteiger partial charge >= 0.3 is 5.97 Å². The van der Waals surface area contributed by atoms with Gasteiger partial charge in [0.2, 0.25) is 0 Å². The van der Waals surface area contributed by atoms with E-state index in [9.17, 15) is 40.3 Å². The topological polar surface area (TPSA) is 186 Å². The minimum Gasteiger partial charge on any atom is -0.465 e. The molecule has 0 atom stereocenters. The normalized spacial score (nSPS) is 12.8. The lowest BCUT2D eigenvalue weighted by molar-refractivity contribution is 0.0599. The van der Waals surface area contributed by atoms with E-state index >= 15 is 0 Å². The molecule has 1 aromatic heterocycles. The van der Waals surface area contributed by atoms with Gasteiger partial charge in [-0.2, -0.15) is 16.8 Å². The van der Waals surface area contributed by atoms with Gasteiger partial charge in [0.05, 0.1) is 34.5 Å². The number of ether oxygens (including phenoxy) is 1. The van der Waals surface area contributed by atoms with Crippen molar-refractivity contribution in [1.29, 1.82) is 0 Å². The van der Waals surface area contributed by atoms with Gasteiger partial charge in [-0.25, -0.2) is 4.79 Å². The van der Waals surface area contributed by atoms with E-state index in [1.165, 1.54) is 29.8 Å². The highest BCUT2D eigenvalue weighted by atomic mass is 32.2. The number of benzene rings is 3. The van der Waals surface area contributed by atoms with Crippen molar-refractivity contribution in [3.05, 3.63) is 81.6 Å². The lowest BCUT2D eigenvalue weighted by atomic mass is 9.81. The van der Waals surface area contributed by atoms with Crippen LogP contribution in [0.4, 0.5) is 11.4 Å². The Morgan fingerprint density at radius 1 is 0.872 bits per heavy atom. The molecule has 5 rings (SSSR count). The number of carbonyl (C=O) groups excluding carboxylic acids is 2. The molecular weight excluding hydrogens is 552 g/mol. The van der Waals surface area contributed by atoms with Crippen LogP contribution in [0.5, 0.6) is 0 Å². The summed E-state index contributed by atoms with van der Waals surface area (Å²) in [6.45, 7) is 0. The maximum absolute atomic E-state index is 13.8. The molecule has 39 heavy (non-hydrogen) atoms. The molecule has 0 saturated heterocycles. The molecule has 0 radical (unpaired) electrons. The number of nitrogens with zero attached hydrogens (tertiary/aromatic N) is 1. The number of aryl methyl sites for hydroxylation is 1. The third-order valence-corrected chi connectivity index (χ3v) is 8.16. The first-order chi connectivity index (χ1) is 18.3. The van der Waals surface area contributed by atoms with E-state index in [2.05, 4.69) is 5.32 Å². The number of pyridine rings is 1. The van der Waals surface area contributed by atoms with E-state index in [4.69, 9.17) is 4.74 Å². The smallest absolute Gasteiger partial charge is 0.344 e. The van der Waals surface area contributed by atoms with Crippen molar-refractivity contribution in [3.8, 4) is 11.1 Å². The summed E-state index contributed by atoms with van der Waals surface area (Å²) < 4.78 is 72.5. The van der Waals surface area contributed by atoms with Crippen LogP contribution >= 0.6 is 0 Å². The molecule has 200 valence electrons. The molecular formula is C25H18N2O10S2. The molecule has 0 spiro atoms. The summed E-state index contributed by atoms with van der Waals surface area (Å²) in [6.07, 6.45) is 0. The van der Waals surface area contributed by atoms with E-state index in [0.717, 1.165) is 19.2 Å². The van der Waals surface area contributed by atoms with Gasteiger partial charge in [0.1, 0.15) is 10.5 Å². The van der Waals surface area contributed by atoms with Crippen LogP contribution in [0.25, 0.3) is 22.0 Å². The van der Waals surface area contributed by atoms with Crippen LogP contribution < -0.4 is 10.9 Å². The van der Waals surface area contributed by atoms with Crippen molar-refractivity contribution in [2.24, 2.45) is 7.05 Å². The second-order valence-corrected chi connectivity index (χ2v) is 11.4. The van der Waals surface area contributed by atoms with Crippen LogP contribution in [-0.2, 0) is 32.0 Å². The Bertz CT molecular complexity index is 2050. The molecule has 3 aromatic carbocycles. The zero-order valence-electron chi connectivity index (χ0n) is 20.1. The molecule has 1 aliphatic rings. The Balaban J connectivity index is 1.88. The van der Waals surface area contributed by atoms with Crippen LogP contribution in [0, 0.1) is 0 Å². The van der Waals surface area contributed by atoms with Crippen LogP contribution in [0.1, 0.15) is 26.3 Å². The monoisotopic (exact) mass is 570 g/mol. The number of aromatic nitrogens is 1. The Morgan fingerprint density at radius 3 is 2.13 bits per heavy atom. The summed E-state index contributed by atoms with van der Waals surface area (Å²) in [5, 5.41) is 2.97. The van der Waals surface area contributed by atoms with E-state index in [-0.39, 0.29) is 39.0 Å². The van der Waals surface area contributed by atoms with Gasteiger partial charge in [0.25, 0.3) is 25.8 Å². The molecule has 0 fully saturated rings. The number of ketones is 1. The van der Waals surface area contributed by atoms with Gasteiger partial charge in [-0.3, -0.25) is 18.7 Å². The third-order valence-electron chi connectivity index (χ3n) is 6.42. The van der Waals surface area contributed by atoms with Crippen molar-refractivity contribution in [2.45, 2.75) is 9.79 Å². The van der Waals surface area contributed by atoms with E-state index in [1.807, 2.05) is 0 Å². The molecule has 1 aliphatic carbocycles. The van der Waals surface area contributed by atoms with Crippen molar-refractivity contribution in [3.63, 3.8) is 0 Å². The quantitative estimate of drug-likeness (QED) is 0.208. The highest BCUT2D eigenvalue weighted by Crippen LogP contribution is 2.44. The second kappa shape index (κ2) is 8.84. The van der Waals surface area contributed by atoms with Crippen molar-refractivity contribution in [1.82, 2.24) is 4.57 Å². The summed E-state index contributed by atoms with van der Waals surface area (Å²) >= 11 is 0. The maximum Gasteiger partial charge on any atom is 0.344 e. The predicted octanol–water partition coefficient (Wildman–Crippen LogP) is 2.77. The van der Waals surface area contributed by atoms with Crippen molar-refractivity contribution in [2.75, 3.05) is 12.4 Å². The van der Waals surface area contributed by atoms with Crippen LogP contribution in [-0.4, -0.2) is 49.4 Å². The summed E-state index contributed by atoms with van der Waals surface area (Å²) in [7, 11) is -7.30. The first kappa shape index (κ1) is 26.2. The molecule has 0 aliphatic heterocycles. The summed E-state index contributed by atoms with van der Waals surface area (Å²) in [5.41, 5.74) is -0.317. The number of rotatable bonds is 5. The molecule has 14 heteroatoms. The average Bonchev–Trinajstić information content (AvgIpc) is 2.88. The number of hydrogen-bond acceptors (Lipinski definition) is 9. The van der Waals surface area contributed by atoms with Crippen LogP contribution in [0.15, 0.2) is 69.2 Å². The molecule has 0 unspecified atom stereocenters. The molecule has 0 amide bonds. The molecule has 0 saturated carbocycles. The largest absolute Gasteiger partial charge is 0.465 e. The number of carbonyl (C=O) groups is 2. The van der Waals surface area contributed by atoms with Gasteiger partial charge in [-0.15, -0.1) is 0 Å². The number of esters is 1. The molecule has 0 bridgehead atoms.